The fourth-order valence-electron chi connectivity index (χ4n) is 1.95. The lowest BCUT2D eigenvalue weighted by molar-refractivity contribution is 0.418. The lowest BCUT2D eigenvalue weighted by Crippen LogP contribution is -1.79. The van der Waals surface area contributed by atoms with E-state index in [-0.39, 0.29) is 0 Å². The Bertz CT molecular complexity index is 714. The van der Waals surface area contributed by atoms with E-state index in [1.807, 2.05) is 66.7 Å². The van der Waals surface area contributed by atoms with Crippen LogP contribution < -0.4 is 0 Å². The van der Waals surface area contributed by atoms with Gasteiger partial charge in [-0.15, -0.1) is 0 Å². The average molecular weight is 282 g/mol. The van der Waals surface area contributed by atoms with Crippen molar-refractivity contribution >= 4 is 23.8 Å². The number of aromatic nitrogens is 1. The first-order chi connectivity index (χ1) is 9.83. The van der Waals surface area contributed by atoms with Crippen LogP contribution in [0.3, 0.4) is 0 Å². The predicted octanol–water partition coefficient (Wildman–Crippen LogP) is 5.17. The molecule has 0 N–H and O–H groups in total. The van der Waals surface area contributed by atoms with E-state index in [1.165, 1.54) is 0 Å². The summed E-state index contributed by atoms with van der Waals surface area (Å²) in [5.74, 6) is 0. The molecule has 2 aromatic carbocycles. The highest BCUT2D eigenvalue weighted by Crippen LogP contribution is 2.25. The Morgan fingerprint density at radius 3 is 2.40 bits per heavy atom. The predicted molar refractivity (Wildman–Crippen MR) is 82.3 cm³/mol. The number of halogens is 1. The zero-order chi connectivity index (χ0) is 13.8. The summed E-state index contributed by atoms with van der Waals surface area (Å²) < 4.78 is 5.08. The molecule has 0 fully saturated rings. The van der Waals surface area contributed by atoms with Gasteiger partial charge >= 0.3 is 0 Å². The first-order valence-electron chi connectivity index (χ1n) is 6.26. The second-order valence-corrected chi connectivity index (χ2v) is 4.80. The first kappa shape index (κ1) is 12.7. The van der Waals surface area contributed by atoms with Gasteiger partial charge in [-0.1, -0.05) is 65.3 Å². The zero-order valence-electron chi connectivity index (χ0n) is 10.7. The number of benzene rings is 2. The fraction of sp³-hybridized carbons (Fsp3) is 0. The molecule has 0 bridgehead atoms. The van der Waals surface area contributed by atoms with Crippen LogP contribution in [0.25, 0.3) is 23.3 Å². The van der Waals surface area contributed by atoms with Crippen LogP contribution in [0.5, 0.6) is 0 Å². The summed E-state index contributed by atoms with van der Waals surface area (Å²) in [4.78, 5) is 0. The minimum absolute atomic E-state index is 0.714. The normalized spacial score (nSPS) is 11.1. The molecule has 0 amide bonds. The highest BCUT2D eigenvalue weighted by Gasteiger charge is 2.07. The largest absolute Gasteiger partial charge is 0.363 e. The number of hydrogen-bond acceptors (Lipinski definition) is 2. The van der Waals surface area contributed by atoms with Gasteiger partial charge in [0.05, 0.1) is 0 Å². The topological polar surface area (TPSA) is 26.0 Å². The van der Waals surface area contributed by atoms with Crippen molar-refractivity contribution in [2.24, 2.45) is 0 Å². The number of rotatable bonds is 3. The van der Waals surface area contributed by atoms with Gasteiger partial charge in [0.15, 0.2) is 0 Å². The Labute approximate surface area is 122 Å². The Kier molecular flexibility index (Phi) is 3.66. The number of nitrogens with zero attached hydrogens (tertiary/aromatic N) is 1. The Balaban J connectivity index is 1.91. The van der Waals surface area contributed by atoms with Crippen molar-refractivity contribution in [3.8, 4) is 11.1 Å². The van der Waals surface area contributed by atoms with Crippen molar-refractivity contribution < 1.29 is 4.52 Å². The molecule has 98 valence electrons. The first-order valence-corrected chi connectivity index (χ1v) is 6.64. The minimum Gasteiger partial charge on any atom is -0.363 e. The third kappa shape index (κ3) is 2.81. The van der Waals surface area contributed by atoms with Crippen LogP contribution in [-0.4, -0.2) is 5.16 Å². The molecular weight excluding hydrogens is 270 g/mol. The van der Waals surface area contributed by atoms with E-state index in [0.717, 1.165) is 22.4 Å². The van der Waals surface area contributed by atoms with Crippen LogP contribution in [0, 0.1) is 0 Å². The fourth-order valence-corrected chi connectivity index (χ4v) is 2.08. The van der Waals surface area contributed by atoms with Gasteiger partial charge in [-0.25, -0.2) is 0 Å². The summed E-state index contributed by atoms with van der Waals surface area (Å²) in [6, 6.07) is 17.7. The maximum Gasteiger partial charge on any atom is 0.132 e. The van der Waals surface area contributed by atoms with E-state index in [2.05, 4.69) is 5.16 Å². The molecule has 0 aliphatic rings. The molecule has 0 spiro atoms. The van der Waals surface area contributed by atoms with Crippen molar-refractivity contribution in [2.45, 2.75) is 0 Å². The third-order valence-electron chi connectivity index (χ3n) is 2.99. The third-order valence-corrected chi connectivity index (χ3v) is 3.24. The van der Waals surface area contributed by atoms with Gasteiger partial charge in [-0.05, 0) is 29.3 Å². The Hall–Kier alpha value is -2.32. The molecule has 0 aliphatic carbocycles. The number of hydrogen-bond donors (Lipinski definition) is 0. The average Bonchev–Trinajstić information content (AvgIpc) is 2.95. The SMILES string of the molecule is Clc1ccc(-c2conc2C=Cc2ccccc2)cc1. The van der Waals surface area contributed by atoms with Crippen molar-refractivity contribution in [2.75, 3.05) is 0 Å². The molecule has 0 saturated heterocycles. The highest BCUT2D eigenvalue weighted by molar-refractivity contribution is 6.30. The van der Waals surface area contributed by atoms with Gasteiger partial charge in [0.25, 0.3) is 0 Å². The maximum atomic E-state index is 5.90. The molecule has 1 aromatic heterocycles. The van der Waals surface area contributed by atoms with E-state index < -0.39 is 0 Å². The smallest absolute Gasteiger partial charge is 0.132 e. The molecular formula is C17H12ClNO. The summed E-state index contributed by atoms with van der Waals surface area (Å²) in [5, 5.41) is 4.75. The van der Waals surface area contributed by atoms with Crippen molar-refractivity contribution in [1.29, 1.82) is 0 Å². The molecule has 3 aromatic rings. The molecule has 2 nitrogen and oxygen atoms in total. The molecule has 0 atom stereocenters. The van der Waals surface area contributed by atoms with Crippen LogP contribution in [-0.2, 0) is 0 Å². The van der Waals surface area contributed by atoms with Crippen LogP contribution in [0.15, 0.2) is 65.4 Å². The molecule has 0 unspecified atom stereocenters. The molecule has 3 heteroatoms. The van der Waals surface area contributed by atoms with Gasteiger partial charge in [0.2, 0.25) is 0 Å². The van der Waals surface area contributed by atoms with Crippen molar-refractivity contribution in [3.05, 3.63) is 77.1 Å². The van der Waals surface area contributed by atoms with Gasteiger partial charge in [0.1, 0.15) is 12.0 Å². The van der Waals surface area contributed by atoms with Gasteiger partial charge in [-0.3, -0.25) is 0 Å². The van der Waals surface area contributed by atoms with Crippen molar-refractivity contribution in [1.82, 2.24) is 5.16 Å². The maximum absolute atomic E-state index is 5.90. The molecule has 0 aliphatic heterocycles. The molecule has 20 heavy (non-hydrogen) atoms. The Morgan fingerprint density at radius 2 is 1.65 bits per heavy atom. The van der Waals surface area contributed by atoms with E-state index >= 15 is 0 Å². The van der Waals surface area contributed by atoms with Crippen molar-refractivity contribution in [3.63, 3.8) is 0 Å². The van der Waals surface area contributed by atoms with Gasteiger partial charge in [-0.2, -0.15) is 0 Å². The summed E-state index contributed by atoms with van der Waals surface area (Å²) in [5.41, 5.74) is 3.91. The van der Waals surface area contributed by atoms with Crippen LogP contribution in [0.4, 0.5) is 0 Å². The standard InChI is InChI=1S/C17H12ClNO/c18-15-9-7-14(8-10-15)16-12-20-19-17(16)11-6-13-4-2-1-3-5-13/h1-12H. The lowest BCUT2D eigenvalue weighted by Gasteiger charge is -1.98. The van der Waals surface area contributed by atoms with Gasteiger partial charge in [0, 0.05) is 10.6 Å². The van der Waals surface area contributed by atoms with E-state index in [0.29, 0.717) is 5.02 Å². The minimum atomic E-state index is 0.714. The summed E-state index contributed by atoms with van der Waals surface area (Å²) in [6.07, 6.45) is 5.61. The highest BCUT2D eigenvalue weighted by atomic mass is 35.5. The Morgan fingerprint density at radius 1 is 0.900 bits per heavy atom. The molecule has 1 heterocycles. The monoisotopic (exact) mass is 281 g/mol. The second kappa shape index (κ2) is 5.76. The molecule has 3 rings (SSSR count). The van der Waals surface area contributed by atoms with E-state index in [1.54, 1.807) is 6.26 Å². The molecule has 0 radical (unpaired) electrons. The molecule has 0 saturated carbocycles. The second-order valence-electron chi connectivity index (χ2n) is 4.36. The van der Waals surface area contributed by atoms with E-state index in [9.17, 15) is 0 Å². The quantitative estimate of drug-likeness (QED) is 0.662. The van der Waals surface area contributed by atoms with Crippen LogP contribution in [0.1, 0.15) is 11.3 Å². The zero-order valence-corrected chi connectivity index (χ0v) is 11.4. The summed E-state index contributed by atoms with van der Waals surface area (Å²) in [6.45, 7) is 0. The summed E-state index contributed by atoms with van der Waals surface area (Å²) >= 11 is 5.90. The lowest BCUT2D eigenvalue weighted by atomic mass is 10.1. The van der Waals surface area contributed by atoms with Gasteiger partial charge < -0.3 is 4.52 Å². The summed E-state index contributed by atoms with van der Waals surface area (Å²) in [7, 11) is 0. The van der Waals surface area contributed by atoms with Crippen LogP contribution in [0.2, 0.25) is 5.02 Å². The van der Waals surface area contributed by atoms with Crippen LogP contribution >= 0.6 is 11.6 Å². The van der Waals surface area contributed by atoms with E-state index in [4.69, 9.17) is 16.1 Å².